The molecule has 2 aromatic heterocycles. The maximum Gasteiger partial charge on any atom is 0.226 e. The number of aromatic nitrogens is 2. The molecule has 3 aromatic rings. The van der Waals surface area contributed by atoms with Crippen LogP contribution in [0.1, 0.15) is 68.5 Å². The molecule has 7 nitrogen and oxygen atoms in total. The Labute approximate surface area is 204 Å². The number of thiazole rings is 1. The first kappa shape index (κ1) is 24.1. The minimum absolute atomic E-state index is 0.125. The zero-order valence-corrected chi connectivity index (χ0v) is 21.1. The van der Waals surface area contributed by atoms with Crippen molar-refractivity contribution in [2.24, 2.45) is 5.92 Å². The smallest absolute Gasteiger partial charge is 0.226 e. The van der Waals surface area contributed by atoms with Crippen LogP contribution in [0.15, 0.2) is 34.9 Å². The highest BCUT2D eigenvalue weighted by atomic mass is 32.1. The summed E-state index contributed by atoms with van der Waals surface area (Å²) in [6.07, 6.45) is 3.67. The van der Waals surface area contributed by atoms with Gasteiger partial charge in [0.05, 0.1) is 18.4 Å². The van der Waals surface area contributed by atoms with Crippen molar-refractivity contribution < 1.29 is 14.0 Å². The summed E-state index contributed by atoms with van der Waals surface area (Å²) in [6.45, 7) is 9.69. The normalized spacial score (nSPS) is 13.4. The van der Waals surface area contributed by atoms with E-state index in [4.69, 9.17) is 4.42 Å². The van der Waals surface area contributed by atoms with E-state index in [1.165, 1.54) is 16.9 Å². The van der Waals surface area contributed by atoms with Crippen molar-refractivity contribution >= 4 is 28.3 Å². The van der Waals surface area contributed by atoms with Gasteiger partial charge < -0.3 is 14.6 Å². The number of fused-ring (bicyclic) bond motifs is 1. The van der Waals surface area contributed by atoms with Crippen LogP contribution in [-0.2, 0) is 29.0 Å². The third-order valence-electron chi connectivity index (χ3n) is 5.89. The van der Waals surface area contributed by atoms with E-state index in [9.17, 15) is 9.59 Å². The molecule has 0 fully saturated rings. The quantitative estimate of drug-likeness (QED) is 0.465. The lowest BCUT2D eigenvalue weighted by molar-refractivity contribution is -0.132. The van der Waals surface area contributed by atoms with Crippen molar-refractivity contribution in [3.05, 3.63) is 52.5 Å². The van der Waals surface area contributed by atoms with Gasteiger partial charge in [-0.25, -0.2) is 9.97 Å². The highest BCUT2D eigenvalue weighted by molar-refractivity contribution is 7.15. The van der Waals surface area contributed by atoms with Gasteiger partial charge in [-0.05, 0) is 17.4 Å². The number of carbonyl (C=O) groups excluding carboxylic acids is 2. The lowest BCUT2D eigenvalue weighted by Crippen LogP contribution is -2.36. The molecular weight excluding hydrogens is 448 g/mol. The van der Waals surface area contributed by atoms with Crippen molar-refractivity contribution in [3.8, 4) is 11.3 Å². The molecule has 8 heteroatoms. The van der Waals surface area contributed by atoms with E-state index in [1.807, 2.05) is 17.0 Å². The second-order valence-corrected chi connectivity index (χ2v) is 10.6. The Kier molecular flexibility index (Phi) is 7.46. The van der Waals surface area contributed by atoms with Gasteiger partial charge in [0.2, 0.25) is 11.8 Å². The maximum absolute atomic E-state index is 12.5. The molecule has 1 aromatic carbocycles. The first-order valence-electron chi connectivity index (χ1n) is 11.9. The van der Waals surface area contributed by atoms with Crippen LogP contribution in [0, 0.1) is 5.92 Å². The first-order valence-corrected chi connectivity index (χ1v) is 12.7. The van der Waals surface area contributed by atoms with Crippen LogP contribution in [0.5, 0.6) is 0 Å². The first-order chi connectivity index (χ1) is 16.3. The highest BCUT2D eigenvalue weighted by Crippen LogP contribution is 2.29. The lowest BCUT2D eigenvalue weighted by Gasteiger charge is -2.26. The lowest BCUT2D eigenvalue weighted by atomic mass is 10.0. The van der Waals surface area contributed by atoms with E-state index in [1.54, 1.807) is 6.20 Å². The number of carbonyl (C=O) groups is 2. The summed E-state index contributed by atoms with van der Waals surface area (Å²) in [5.41, 5.74) is 3.23. The number of hydrogen-bond donors (Lipinski definition) is 1. The van der Waals surface area contributed by atoms with Crippen LogP contribution in [0.2, 0.25) is 0 Å². The molecule has 0 radical (unpaired) electrons. The fourth-order valence-corrected chi connectivity index (χ4v) is 4.97. The molecule has 180 valence electrons. The number of aryl methyl sites for hydroxylation is 1. The van der Waals surface area contributed by atoms with E-state index in [0.29, 0.717) is 54.5 Å². The number of amides is 2. The number of oxazole rings is 1. The highest BCUT2D eigenvalue weighted by Gasteiger charge is 2.25. The molecular formula is C26H32N4O3S. The van der Waals surface area contributed by atoms with Crippen molar-refractivity contribution in [1.29, 1.82) is 0 Å². The van der Waals surface area contributed by atoms with Crippen molar-refractivity contribution in [3.63, 3.8) is 0 Å². The Morgan fingerprint density at radius 3 is 2.65 bits per heavy atom. The molecule has 34 heavy (non-hydrogen) atoms. The molecule has 0 unspecified atom stereocenters. The average molecular weight is 481 g/mol. The monoisotopic (exact) mass is 480 g/mol. The Bertz CT molecular complexity index is 1150. The third kappa shape index (κ3) is 5.91. The summed E-state index contributed by atoms with van der Waals surface area (Å²) in [7, 11) is 0. The number of nitrogens with zero attached hydrogens (tertiary/aromatic N) is 3. The van der Waals surface area contributed by atoms with Crippen LogP contribution >= 0.6 is 11.3 Å². The maximum atomic E-state index is 12.5. The van der Waals surface area contributed by atoms with Crippen molar-refractivity contribution in [2.75, 3.05) is 11.9 Å². The molecule has 4 rings (SSSR count). The minimum atomic E-state index is -0.125. The zero-order valence-electron chi connectivity index (χ0n) is 20.3. The Hall–Kier alpha value is -3.00. The van der Waals surface area contributed by atoms with E-state index in [0.717, 1.165) is 22.6 Å². The van der Waals surface area contributed by atoms with Crippen LogP contribution in [0.3, 0.4) is 0 Å². The van der Waals surface area contributed by atoms with Crippen LogP contribution in [0.25, 0.3) is 11.3 Å². The third-order valence-corrected chi connectivity index (χ3v) is 6.89. The van der Waals surface area contributed by atoms with Gasteiger partial charge in [0.1, 0.15) is 0 Å². The molecule has 0 saturated carbocycles. The number of hydrogen-bond acceptors (Lipinski definition) is 6. The number of rotatable bonds is 8. The van der Waals surface area contributed by atoms with E-state index in [-0.39, 0.29) is 18.2 Å². The topological polar surface area (TPSA) is 88.3 Å². The second kappa shape index (κ2) is 10.5. The largest absolute Gasteiger partial charge is 0.441 e. The predicted octanol–water partition coefficient (Wildman–Crippen LogP) is 5.42. The summed E-state index contributed by atoms with van der Waals surface area (Å²) in [4.78, 5) is 36.7. The van der Waals surface area contributed by atoms with Gasteiger partial charge in [0.15, 0.2) is 16.8 Å². The molecule has 0 atom stereocenters. The molecule has 0 saturated heterocycles. The fourth-order valence-electron chi connectivity index (χ4n) is 3.93. The van der Waals surface area contributed by atoms with Gasteiger partial charge in [0, 0.05) is 42.7 Å². The van der Waals surface area contributed by atoms with Gasteiger partial charge in [0.25, 0.3) is 0 Å². The number of anilines is 1. The van der Waals surface area contributed by atoms with Gasteiger partial charge >= 0.3 is 0 Å². The van der Waals surface area contributed by atoms with Crippen molar-refractivity contribution in [2.45, 2.75) is 65.8 Å². The summed E-state index contributed by atoms with van der Waals surface area (Å²) in [5, 5.41) is 3.49. The van der Waals surface area contributed by atoms with Crippen molar-refractivity contribution in [1.82, 2.24) is 14.9 Å². The van der Waals surface area contributed by atoms with Crippen LogP contribution < -0.4 is 5.32 Å². The van der Waals surface area contributed by atoms with Gasteiger partial charge in [-0.2, -0.15) is 0 Å². The molecule has 0 aliphatic carbocycles. The standard InChI is InChI=1S/C26H32N4O3S/c1-16(2)13-25(32)30-12-11-20-22(15-30)34-26(28-20)29-23(31)9-10-24-27-14-21(33-24)19-7-5-18(6-8-19)17(3)4/h5-8,14,16-17H,9-13,15H2,1-4H3,(H,28,29,31). The Morgan fingerprint density at radius 2 is 1.94 bits per heavy atom. The minimum Gasteiger partial charge on any atom is -0.441 e. The SMILES string of the molecule is CC(C)CC(=O)N1CCc2nc(NC(=O)CCc3ncc(-c4ccc(C(C)C)cc4)o3)sc2C1. The summed E-state index contributed by atoms with van der Waals surface area (Å²) < 4.78 is 5.86. The molecule has 1 N–H and O–H groups in total. The summed E-state index contributed by atoms with van der Waals surface area (Å²) in [5.74, 6) is 2.12. The van der Waals surface area contributed by atoms with E-state index in [2.05, 4.69) is 55.1 Å². The molecule has 2 amide bonds. The molecule has 1 aliphatic rings. The Balaban J connectivity index is 1.29. The summed E-state index contributed by atoms with van der Waals surface area (Å²) in [6, 6.07) is 8.27. The molecule has 1 aliphatic heterocycles. The summed E-state index contributed by atoms with van der Waals surface area (Å²) >= 11 is 1.45. The predicted molar refractivity (Wildman–Crippen MR) is 134 cm³/mol. The molecule has 3 heterocycles. The zero-order chi connectivity index (χ0) is 24.2. The average Bonchev–Trinajstić information content (AvgIpc) is 3.43. The van der Waals surface area contributed by atoms with Gasteiger partial charge in [-0.15, -0.1) is 0 Å². The van der Waals surface area contributed by atoms with Gasteiger partial charge in [-0.3, -0.25) is 9.59 Å². The van der Waals surface area contributed by atoms with E-state index < -0.39 is 0 Å². The number of nitrogens with one attached hydrogen (secondary N) is 1. The van der Waals surface area contributed by atoms with E-state index >= 15 is 0 Å². The fraction of sp³-hybridized carbons (Fsp3) is 0.462. The second-order valence-electron chi connectivity index (χ2n) is 9.50. The van der Waals surface area contributed by atoms with Crippen LogP contribution in [-0.4, -0.2) is 33.2 Å². The number of benzene rings is 1. The molecule has 0 bridgehead atoms. The molecule has 0 spiro atoms. The van der Waals surface area contributed by atoms with Gasteiger partial charge in [-0.1, -0.05) is 63.3 Å². The van der Waals surface area contributed by atoms with Crippen LogP contribution in [0.4, 0.5) is 5.13 Å². The Morgan fingerprint density at radius 1 is 1.18 bits per heavy atom.